The number of quaternary nitrogens is 1. The second kappa shape index (κ2) is 7.45. The van der Waals surface area contributed by atoms with Crippen LogP contribution in [0.15, 0.2) is 36.9 Å². The maximum absolute atomic E-state index is 12.7. The van der Waals surface area contributed by atoms with Crippen LogP contribution in [-0.2, 0) is 14.3 Å². The molecule has 0 radical (unpaired) electrons. The van der Waals surface area contributed by atoms with Crippen LogP contribution in [0.4, 0.5) is 0 Å². The van der Waals surface area contributed by atoms with Crippen LogP contribution >= 0.6 is 0 Å². The zero-order valence-corrected chi connectivity index (χ0v) is 16.0. The van der Waals surface area contributed by atoms with Crippen LogP contribution in [0, 0.1) is 0 Å². The SMILES string of the molecule is [2H]C([2H])([2H])C([2H])([2H])C([2H])([2H])C([2H])([2H])[N+]1(C)[C@@H]2CC(OC(=O)C(=C)c3ccccc3)C[C@H]1[C@@H]1O[C@@H]12.[Br-]. The Kier molecular flexibility index (Phi) is 3.15. The molecule has 1 aromatic rings. The second-order valence-electron chi connectivity index (χ2n) is 7.05. The molecule has 3 fully saturated rings. The zero-order valence-electron chi connectivity index (χ0n) is 23.4. The molecule has 2 bridgehead atoms. The summed E-state index contributed by atoms with van der Waals surface area (Å²) >= 11 is 0. The van der Waals surface area contributed by atoms with Gasteiger partial charge >= 0.3 is 5.97 Å². The Hall–Kier alpha value is -1.17. The molecule has 6 atom stereocenters. The number of likely N-dealkylation sites (N-methyl/N-ethyl adjacent to an activating group) is 1. The predicted octanol–water partition coefficient (Wildman–Crippen LogP) is 0.174. The van der Waals surface area contributed by atoms with E-state index in [0.717, 1.165) is 0 Å². The van der Waals surface area contributed by atoms with Gasteiger partial charge in [-0.05, 0) is 11.9 Å². The third kappa shape index (κ3) is 3.25. The Bertz CT molecular complexity index is 984. The van der Waals surface area contributed by atoms with Crippen molar-refractivity contribution in [2.24, 2.45) is 0 Å². The Morgan fingerprint density at radius 3 is 2.62 bits per heavy atom. The van der Waals surface area contributed by atoms with Gasteiger partial charge in [-0.3, -0.25) is 0 Å². The van der Waals surface area contributed by atoms with E-state index in [-0.39, 0.29) is 47.6 Å². The molecule has 3 aliphatic rings. The number of fused-ring (bicyclic) bond motifs is 5. The standard InChI is InChI=1S/C21H28NO3.BrH/c1-4-5-11-22(3)17-12-16(13-18(22)20-19(17)25-20)24-21(23)14(2)15-9-7-6-8-10-15;/h6-10,16-20H,2,4-5,11-13H2,1,3H3;1H/q+1;/p-1/t16?,17-,18+,19-,20+,22?;/i1D3,4D2,5D2,11D2;. The average Bonchev–Trinajstić information content (AvgIpc) is 3.51. The van der Waals surface area contributed by atoms with Gasteiger partial charge in [0, 0.05) is 22.4 Å². The van der Waals surface area contributed by atoms with E-state index in [4.69, 9.17) is 21.8 Å². The highest BCUT2D eigenvalue weighted by atomic mass is 79.9. The molecule has 0 N–H and O–H groups in total. The van der Waals surface area contributed by atoms with Crippen LogP contribution in [0.3, 0.4) is 0 Å². The fraction of sp³-hybridized carbons (Fsp3) is 0.571. The summed E-state index contributed by atoms with van der Waals surface area (Å²) in [5.74, 6) is -0.599. The summed E-state index contributed by atoms with van der Waals surface area (Å²) in [4.78, 5) is 12.7. The van der Waals surface area contributed by atoms with Crippen molar-refractivity contribution < 1.29 is 48.1 Å². The van der Waals surface area contributed by atoms with Crippen LogP contribution in [0.1, 0.15) is 50.3 Å². The molecule has 1 aromatic carbocycles. The molecular formula is C21H28BrNO3. The lowest BCUT2D eigenvalue weighted by Crippen LogP contribution is -3.00. The zero-order chi connectivity index (χ0) is 25.5. The normalized spacial score (nSPS) is 43.9. The third-order valence-corrected chi connectivity index (χ3v) is 5.71. The minimum absolute atomic E-state index is 0. The summed E-state index contributed by atoms with van der Waals surface area (Å²) in [7, 11) is 1.49. The van der Waals surface area contributed by atoms with Crippen molar-refractivity contribution in [1.82, 2.24) is 0 Å². The number of rotatable bonds is 6. The van der Waals surface area contributed by atoms with E-state index >= 15 is 0 Å². The summed E-state index contributed by atoms with van der Waals surface area (Å²) in [6.07, 6.45) is -7.79. The molecule has 0 spiro atoms. The van der Waals surface area contributed by atoms with Crippen molar-refractivity contribution in [2.75, 3.05) is 13.5 Å². The number of carbonyl (C=O) groups excluding carboxylic acids is 1. The van der Waals surface area contributed by atoms with Crippen LogP contribution in [0.25, 0.3) is 5.57 Å². The van der Waals surface area contributed by atoms with Crippen LogP contribution in [0.5, 0.6) is 0 Å². The maximum atomic E-state index is 12.7. The fourth-order valence-corrected chi connectivity index (χ4v) is 4.34. The third-order valence-electron chi connectivity index (χ3n) is 5.71. The molecule has 0 aliphatic carbocycles. The summed E-state index contributed by atoms with van der Waals surface area (Å²) in [6, 6.07) is 7.56. The maximum Gasteiger partial charge on any atom is 0.338 e. The number of ether oxygens (including phenoxy) is 2. The molecule has 3 saturated heterocycles. The largest absolute Gasteiger partial charge is 1.00 e. The lowest BCUT2D eigenvalue weighted by molar-refractivity contribution is -0.956. The van der Waals surface area contributed by atoms with Gasteiger partial charge in [-0.1, -0.05) is 50.1 Å². The Morgan fingerprint density at radius 1 is 1.35 bits per heavy atom. The van der Waals surface area contributed by atoms with Gasteiger partial charge in [0.1, 0.15) is 30.4 Å². The molecule has 4 nitrogen and oxygen atoms in total. The van der Waals surface area contributed by atoms with Gasteiger partial charge in [0.2, 0.25) is 0 Å². The highest BCUT2D eigenvalue weighted by Gasteiger charge is 2.71. The molecule has 0 saturated carbocycles. The van der Waals surface area contributed by atoms with E-state index in [2.05, 4.69) is 6.58 Å². The second-order valence-corrected chi connectivity index (χ2v) is 7.05. The smallest absolute Gasteiger partial charge is 0.338 e. The van der Waals surface area contributed by atoms with Crippen LogP contribution in [0.2, 0.25) is 0 Å². The van der Waals surface area contributed by atoms with E-state index < -0.39 is 54.7 Å². The Labute approximate surface area is 179 Å². The molecule has 3 heterocycles. The van der Waals surface area contributed by atoms with Crippen LogP contribution in [-0.4, -0.2) is 54.4 Å². The fourth-order valence-electron chi connectivity index (χ4n) is 4.34. The van der Waals surface area contributed by atoms with Gasteiger partial charge in [0.25, 0.3) is 0 Å². The number of epoxide rings is 1. The Balaban J connectivity index is 0.00000342. The number of nitrogens with zero attached hydrogens (tertiary/aromatic N) is 1. The van der Waals surface area contributed by atoms with E-state index in [1.54, 1.807) is 24.3 Å². The molecule has 4 rings (SSSR count). The number of halogens is 1. The van der Waals surface area contributed by atoms with E-state index in [0.29, 0.717) is 5.56 Å². The molecule has 3 aliphatic heterocycles. The topological polar surface area (TPSA) is 38.8 Å². The van der Waals surface area contributed by atoms with Gasteiger partial charge in [0.15, 0.2) is 0 Å². The summed E-state index contributed by atoms with van der Waals surface area (Å²) in [6.45, 7) is -2.46. The van der Waals surface area contributed by atoms with Gasteiger partial charge in [-0.2, -0.15) is 0 Å². The first-order chi connectivity index (χ1) is 15.5. The highest BCUT2D eigenvalue weighted by Crippen LogP contribution is 2.52. The molecule has 142 valence electrons. The first kappa shape index (κ1) is 11.0. The number of carbonyl (C=O) groups is 1. The van der Waals surface area contributed by atoms with Crippen molar-refractivity contribution in [1.29, 1.82) is 0 Å². The summed E-state index contributed by atoms with van der Waals surface area (Å²) < 4.78 is 83.5. The molecule has 5 heteroatoms. The highest BCUT2D eigenvalue weighted by molar-refractivity contribution is 6.15. The minimum atomic E-state index is -3.44. The van der Waals surface area contributed by atoms with Crippen molar-refractivity contribution in [2.45, 2.75) is 62.8 Å². The van der Waals surface area contributed by atoms with Crippen LogP contribution < -0.4 is 17.0 Å². The number of morpholine rings is 1. The number of esters is 1. The Morgan fingerprint density at radius 2 is 2.00 bits per heavy atom. The molecule has 26 heavy (non-hydrogen) atoms. The quantitative estimate of drug-likeness (QED) is 0.279. The first-order valence-corrected chi connectivity index (χ1v) is 8.45. The molecule has 2 unspecified atom stereocenters. The minimum Gasteiger partial charge on any atom is -1.00 e. The molecular weight excluding hydrogens is 394 g/mol. The first-order valence-electron chi connectivity index (χ1n) is 12.9. The van der Waals surface area contributed by atoms with Crippen molar-refractivity contribution in [3.05, 3.63) is 42.5 Å². The van der Waals surface area contributed by atoms with Gasteiger partial charge in [0.05, 0.1) is 21.9 Å². The van der Waals surface area contributed by atoms with Crippen molar-refractivity contribution >= 4 is 11.5 Å². The van der Waals surface area contributed by atoms with E-state index in [9.17, 15) is 4.79 Å². The number of hydrogen-bond acceptors (Lipinski definition) is 3. The number of benzene rings is 1. The van der Waals surface area contributed by atoms with Gasteiger partial charge in [-0.25, -0.2) is 4.79 Å². The van der Waals surface area contributed by atoms with E-state index in [1.165, 1.54) is 7.05 Å². The lowest BCUT2D eigenvalue weighted by Gasteiger charge is -2.48. The molecule has 0 aromatic heterocycles. The molecule has 0 amide bonds. The monoisotopic (exact) mass is 430 g/mol. The summed E-state index contributed by atoms with van der Waals surface area (Å²) in [5.41, 5.74) is 0.809. The lowest BCUT2D eigenvalue weighted by atomic mass is 9.94. The number of hydrogen-bond donors (Lipinski definition) is 0. The van der Waals surface area contributed by atoms with Gasteiger partial charge < -0.3 is 30.9 Å². The average molecular weight is 431 g/mol. The van der Waals surface area contributed by atoms with Crippen molar-refractivity contribution in [3.8, 4) is 0 Å². The van der Waals surface area contributed by atoms with Crippen molar-refractivity contribution in [3.63, 3.8) is 0 Å². The summed E-state index contributed by atoms with van der Waals surface area (Å²) in [5, 5.41) is 0. The van der Waals surface area contributed by atoms with E-state index in [1.807, 2.05) is 6.07 Å². The van der Waals surface area contributed by atoms with Gasteiger partial charge in [-0.15, -0.1) is 0 Å². The number of piperidine rings is 1. The predicted molar refractivity (Wildman–Crippen MR) is 96.8 cm³/mol.